The van der Waals surface area contributed by atoms with E-state index in [1.54, 1.807) is 31.2 Å². The third kappa shape index (κ3) is 3.12. The van der Waals surface area contributed by atoms with E-state index in [9.17, 15) is 15.0 Å². The number of para-hydroxylation sites is 3. The third-order valence-corrected chi connectivity index (χ3v) is 3.50. The van der Waals surface area contributed by atoms with Gasteiger partial charge in [-0.05, 0) is 31.2 Å². The predicted octanol–water partition coefficient (Wildman–Crippen LogP) is 3.50. The lowest BCUT2D eigenvalue weighted by Gasteiger charge is -2.21. The number of cyclic esters (lactones) is 1. The molecule has 2 aromatic rings. The zero-order chi connectivity index (χ0) is 17.1. The summed E-state index contributed by atoms with van der Waals surface area (Å²) in [6.07, 6.45) is -1.79. The zero-order valence-electron chi connectivity index (χ0n) is 12.9. The van der Waals surface area contributed by atoms with Gasteiger partial charge in [-0.2, -0.15) is 0 Å². The number of hydrogen-bond donors (Lipinski definition) is 2. The lowest BCUT2D eigenvalue weighted by Crippen LogP contribution is -2.31. The van der Waals surface area contributed by atoms with E-state index in [-0.39, 0.29) is 0 Å². The summed E-state index contributed by atoms with van der Waals surface area (Å²) in [6.45, 7) is 1.62. The summed E-state index contributed by atoms with van der Waals surface area (Å²) in [6, 6.07) is 16.2. The molecule has 1 aliphatic heterocycles. The fraction of sp³-hybridized carbons (Fsp3) is 0.167. The molecule has 0 aliphatic carbocycles. The van der Waals surface area contributed by atoms with Gasteiger partial charge in [0.15, 0.2) is 23.4 Å². The number of ether oxygens (including phenoxy) is 3. The molecule has 2 N–H and O–H groups in total. The predicted molar refractivity (Wildman–Crippen MR) is 85.2 cm³/mol. The third-order valence-electron chi connectivity index (χ3n) is 3.50. The van der Waals surface area contributed by atoms with Crippen LogP contribution < -0.4 is 9.47 Å². The zero-order valence-corrected chi connectivity index (χ0v) is 12.9. The van der Waals surface area contributed by atoms with Crippen molar-refractivity contribution in [2.24, 2.45) is 0 Å². The van der Waals surface area contributed by atoms with Crippen molar-refractivity contribution in [3.63, 3.8) is 0 Å². The van der Waals surface area contributed by atoms with Crippen molar-refractivity contribution in [2.75, 3.05) is 0 Å². The monoisotopic (exact) mass is 328 g/mol. The second-order valence-electron chi connectivity index (χ2n) is 5.24. The van der Waals surface area contributed by atoms with E-state index in [4.69, 9.17) is 14.2 Å². The van der Waals surface area contributed by atoms with Crippen LogP contribution in [0.5, 0.6) is 17.2 Å². The summed E-state index contributed by atoms with van der Waals surface area (Å²) in [5.41, 5.74) is 0. The minimum Gasteiger partial charge on any atom is -0.505 e. The summed E-state index contributed by atoms with van der Waals surface area (Å²) in [4.78, 5) is 11.3. The van der Waals surface area contributed by atoms with Gasteiger partial charge in [0.1, 0.15) is 11.9 Å². The number of carbonyl (C=O) groups is 1. The Kier molecular flexibility index (Phi) is 4.29. The van der Waals surface area contributed by atoms with Gasteiger partial charge in [0.25, 0.3) is 0 Å². The first-order valence-electron chi connectivity index (χ1n) is 7.38. The first-order valence-corrected chi connectivity index (χ1v) is 7.38. The van der Waals surface area contributed by atoms with Gasteiger partial charge in [0.2, 0.25) is 5.76 Å². The van der Waals surface area contributed by atoms with Crippen LogP contribution in [-0.2, 0) is 9.53 Å². The highest BCUT2D eigenvalue weighted by molar-refractivity contribution is 5.89. The van der Waals surface area contributed by atoms with Crippen LogP contribution in [0.3, 0.4) is 0 Å². The van der Waals surface area contributed by atoms with Crippen LogP contribution in [0.1, 0.15) is 6.92 Å². The van der Waals surface area contributed by atoms with Gasteiger partial charge in [0, 0.05) is 0 Å². The largest absolute Gasteiger partial charge is 0.505 e. The molecule has 6 heteroatoms. The molecule has 0 fully saturated rings. The van der Waals surface area contributed by atoms with Crippen molar-refractivity contribution in [1.29, 1.82) is 0 Å². The van der Waals surface area contributed by atoms with Crippen LogP contribution in [0.2, 0.25) is 0 Å². The number of aliphatic hydroxyl groups excluding tert-OH is 2. The van der Waals surface area contributed by atoms with Crippen LogP contribution in [0, 0.1) is 0 Å². The highest BCUT2D eigenvalue weighted by Gasteiger charge is 2.39. The molecule has 6 nitrogen and oxygen atoms in total. The molecule has 0 bridgehead atoms. The number of hydrogen-bond acceptors (Lipinski definition) is 6. The first-order chi connectivity index (χ1) is 11.6. The summed E-state index contributed by atoms with van der Waals surface area (Å²) < 4.78 is 16.4. The lowest BCUT2D eigenvalue weighted by molar-refractivity contribution is -0.145. The number of esters is 1. The molecule has 0 spiro atoms. The Morgan fingerprint density at radius 1 is 1.00 bits per heavy atom. The van der Waals surface area contributed by atoms with Crippen LogP contribution in [0.25, 0.3) is 0 Å². The molecule has 24 heavy (non-hydrogen) atoms. The SMILES string of the molecule is CC(Oc1ccccc1Oc1ccccc1)C1OC(=O)C(O)=C1O. The Balaban J connectivity index is 1.77. The molecule has 0 amide bonds. The molecule has 0 saturated heterocycles. The quantitative estimate of drug-likeness (QED) is 0.817. The molecule has 0 aromatic heterocycles. The highest BCUT2D eigenvalue weighted by Crippen LogP contribution is 2.33. The Morgan fingerprint density at radius 2 is 1.62 bits per heavy atom. The summed E-state index contributed by atoms with van der Waals surface area (Å²) in [5.74, 6) is -0.745. The normalized spacial score (nSPS) is 18.2. The van der Waals surface area contributed by atoms with Crippen molar-refractivity contribution in [3.05, 3.63) is 66.1 Å². The summed E-state index contributed by atoms with van der Waals surface area (Å²) in [5, 5.41) is 19.1. The highest BCUT2D eigenvalue weighted by atomic mass is 16.6. The maximum absolute atomic E-state index is 11.3. The van der Waals surface area contributed by atoms with Crippen LogP contribution in [-0.4, -0.2) is 28.4 Å². The number of aliphatic hydroxyl groups is 2. The Morgan fingerprint density at radius 3 is 2.25 bits per heavy atom. The molecule has 1 aliphatic rings. The lowest BCUT2D eigenvalue weighted by atomic mass is 10.2. The van der Waals surface area contributed by atoms with Crippen molar-refractivity contribution < 1.29 is 29.2 Å². The summed E-state index contributed by atoms with van der Waals surface area (Å²) in [7, 11) is 0. The molecule has 124 valence electrons. The van der Waals surface area contributed by atoms with Crippen molar-refractivity contribution in [1.82, 2.24) is 0 Å². The fourth-order valence-electron chi connectivity index (χ4n) is 2.29. The Hall–Kier alpha value is -3.15. The van der Waals surface area contributed by atoms with Gasteiger partial charge in [-0.3, -0.25) is 0 Å². The van der Waals surface area contributed by atoms with E-state index in [0.29, 0.717) is 17.2 Å². The maximum atomic E-state index is 11.3. The molecular formula is C18H16O6. The standard InChI is InChI=1S/C18H16O6/c1-11(17-15(19)16(20)18(21)24-17)22-13-9-5-6-10-14(13)23-12-7-3-2-4-8-12/h2-11,17,19-20H,1H3. The minimum absolute atomic E-state index is 0.420. The van der Waals surface area contributed by atoms with Gasteiger partial charge >= 0.3 is 5.97 Å². The molecule has 0 radical (unpaired) electrons. The van der Waals surface area contributed by atoms with E-state index in [1.165, 1.54) is 0 Å². The topological polar surface area (TPSA) is 85.2 Å². The van der Waals surface area contributed by atoms with Crippen molar-refractivity contribution >= 4 is 5.97 Å². The van der Waals surface area contributed by atoms with E-state index in [0.717, 1.165) is 0 Å². The first kappa shape index (κ1) is 15.7. The Bertz CT molecular complexity index is 768. The number of benzene rings is 2. The van der Waals surface area contributed by atoms with Crippen molar-refractivity contribution in [2.45, 2.75) is 19.1 Å². The van der Waals surface area contributed by atoms with E-state index in [1.807, 2.05) is 30.3 Å². The molecule has 2 unspecified atom stereocenters. The molecule has 1 heterocycles. The maximum Gasteiger partial charge on any atom is 0.378 e. The van der Waals surface area contributed by atoms with Gasteiger partial charge in [-0.15, -0.1) is 0 Å². The molecule has 0 saturated carbocycles. The van der Waals surface area contributed by atoms with Crippen LogP contribution in [0.4, 0.5) is 0 Å². The van der Waals surface area contributed by atoms with Gasteiger partial charge < -0.3 is 24.4 Å². The summed E-state index contributed by atoms with van der Waals surface area (Å²) >= 11 is 0. The van der Waals surface area contributed by atoms with E-state index in [2.05, 4.69) is 0 Å². The smallest absolute Gasteiger partial charge is 0.378 e. The number of carbonyl (C=O) groups excluding carboxylic acids is 1. The van der Waals surface area contributed by atoms with Crippen molar-refractivity contribution in [3.8, 4) is 17.2 Å². The second kappa shape index (κ2) is 6.54. The van der Waals surface area contributed by atoms with Crippen LogP contribution >= 0.6 is 0 Å². The average molecular weight is 328 g/mol. The van der Waals surface area contributed by atoms with Crippen LogP contribution in [0.15, 0.2) is 66.1 Å². The Labute approximate surface area is 138 Å². The molecule has 2 atom stereocenters. The van der Waals surface area contributed by atoms with Gasteiger partial charge in [-0.25, -0.2) is 4.79 Å². The van der Waals surface area contributed by atoms with E-state index < -0.39 is 29.7 Å². The van der Waals surface area contributed by atoms with Gasteiger partial charge in [0.05, 0.1) is 0 Å². The molecule has 2 aromatic carbocycles. The fourth-order valence-corrected chi connectivity index (χ4v) is 2.29. The minimum atomic E-state index is -1.07. The molecular weight excluding hydrogens is 312 g/mol. The van der Waals surface area contributed by atoms with E-state index >= 15 is 0 Å². The number of rotatable bonds is 5. The second-order valence-corrected chi connectivity index (χ2v) is 5.24. The average Bonchev–Trinajstić information content (AvgIpc) is 2.85. The van der Waals surface area contributed by atoms with Gasteiger partial charge in [-0.1, -0.05) is 30.3 Å². The molecule has 3 rings (SSSR count).